The predicted octanol–water partition coefficient (Wildman–Crippen LogP) is 3.51. The molecular formula is C15H16BrNO2S. The van der Waals surface area contributed by atoms with Crippen molar-refractivity contribution in [3.8, 4) is 0 Å². The minimum atomic E-state index is -0.502. The van der Waals surface area contributed by atoms with Gasteiger partial charge in [0, 0.05) is 16.4 Å². The van der Waals surface area contributed by atoms with E-state index in [-0.39, 0.29) is 0 Å². The van der Waals surface area contributed by atoms with Gasteiger partial charge in [-0.1, -0.05) is 30.3 Å². The number of benzene rings is 1. The van der Waals surface area contributed by atoms with E-state index in [1.807, 2.05) is 42.5 Å². The van der Waals surface area contributed by atoms with Crippen molar-refractivity contribution in [3.05, 3.63) is 58.7 Å². The standard InChI is InChI=1S/C15H16BrNO2S/c16-14-7-4-8-17-15(14)20-11-13(18)10-19-9-12-5-2-1-3-6-12/h1-8,13,18H,9-11H2. The third-order valence-electron chi connectivity index (χ3n) is 2.56. The first-order chi connectivity index (χ1) is 9.75. The maximum Gasteiger partial charge on any atom is 0.110 e. The molecule has 0 saturated heterocycles. The summed E-state index contributed by atoms with van der Waals surface area (Å²) in [7, 11) is 0. The molecule has 0 spiro atoms. The lowest BCUT2D eigenvalue weighted by Crippen LogP contribution is -2.18. The summed E-state index contributed by atoms with van der Waals surface area (Å²) in [6.07, 6.45) is 1.24. The van der Waals surface area contributed by atoms with Crippen molar-refractivity contribution in [1.82, 2.24) is 4.98 Å². The molecule has 106 valence electrons. The van der Waals surface area contributed by atoms with Gasteiger partial charge in [-0.25, -0.2) is 4.98 Å². The Morgan fingerprint density at radius 1 is 1.20 bits per heavy atom. The highest BCUT2D eigenvalue weighted by atomic mass is 79.9. The summed E-state index contributed by atoms with van der Waals surface area (Å²) in [5.41, 5.74) is 1.11. The molecule has 0 aliphatic heterocycles. The summed E-state index contributed by atoms with van der Waals surface area (Å²) < 4.78 is 6.45. The quantitative estimate of drug-likeness (QED) is 0.773. The highest BCUT2D eigenvalue weighted by Gasteiger charge is 2.08. The number of rotatable bonds is 7. The predicted molar refractivity (Wildman–Crippen MR) is 84.8 cm³/mol. The van der Waals surface area contributed by atoms with Gasteiger partial charge < -0.3 is 9.84 Å². The molecule has 1 N–H and O–H groups in total. The second-order valence-electron chi connectivity index (χ2n) is 4.26. The fraction of sp³-hybridized carbons (Fsp3) is 0.267. The highest BCUT2D eigenvalue weighted by molar-refractivity contribution is 9.10. The lowest BCUT2D eigenvalue weighted by molar-refractivity contribution is 0.0398. The molecule has 1 aromatic carbocycles. The van der Waals surface area contributed by atoms with E-state index < -0.39 is 6.10 Å². The van der Waals surface area contributed by atoms with Gasteiger partial charge in [0.25, 0.3) is 0 Å². The first-order valence-electron chi connectivity index (χ1n) is 6.29. The van der Waals surface area contributed by atoms with E-state index in [1.165, 1.54) is 11.8 Å². The van der Waals surface area contributed by atoms with Crippen LogP contribution < -0.4 is 0 Å². The van der Waals surface area contributed by atoms with E-state index in [0.29, 0.717) is 19.0 Å². The van der Waals surface area contributed by atoms with Crippen molar-refractivity contribution in [2.45, 2.75) is 17.7 Å². The molecular weight excluding hydrogens is 338 g/mol. The number of thioether (sulfide) groups is 1. The molecule has 1 atom stereocenters. The molecule has 3 nitrogen and oxygen atoms in total. The van der Waals surface area contributed by atoms with Crippen LogP contribution in [0.1, 0.15) is 5.56 Å². The third kappa shape index (κ3) is 5.25. The number of hydrogen-bond donors (Lipinski definition) is 1. The maximum absolute atomic E-state index is 9.89. The molecule has 2 aromatic rings. The number of pyridine rings is 1. The van der Waals surface area contributed by atoms with E-state index in [2.05, 4.69) is 20.9 Å². The van der Waals surface area contributed by atoms with Crippen LogP contribution in [0.5, 0.6) is 0 Å². The fourth-order valence-corrected chi connectivity index (χ4v) is 2.97. The summed E-state index contributed by atoms with van der Waals surface area (Å²) in [6, 6.07) is 13.7. The van der Waals surface area contributed by atoms with Gasteiger partial charge in [0.15, 0.2) is 0 Å². The molecule has 0 aliphatic rings. The topological polar surface area (TPSA) is 42.4 Å². The first-order valence-corrected chi connectivity index (χ1v) is 8.06. The fourth-order valence-electron chi connectivity index (χ4n) is 1.59. The van der Waals surface area contributed by atoms with Crippen molar-refractivity contribution in [2.75, 3.05) is 12.4 Å². The lowest BCUT2D eigenvalue weighted by Gasteiger charge is -2.11. The smallest absolute Gasteiger partial charge is 0.110 e. The zero-order chi connectivity index (χ0) is 14.2. The van der Waals surface area contributed by atoms with Gasteiger partial charge in [-0.2, -0.15) is 0 Å². The Morgan fingerprint density at radius 3 is 2.75 bits per heavy atom. The van der Waals surface area contributed by atoms with Crippen molar-refractivity contribution >= 4 is 27.7 Å². The molecule has 1 unspecified atom stereocenters. The Bertz CT molecular complexity index is 524. The Balaban J connectivity index is 1.68. The molecule has 0 fully saturated rings. The van der Waals surface area contributed by atoms with Crippen LogP contribution in [0.4, 0.5) is 0 Å². The van der Waals surface area contributed by atoms with Crippen molar-refractivity contribution < 1.29 is 9.84 Å². The molecule has 0 saturated carbocycles. The van der Waals surface area contributed by atoms with Gasteiger partial charge in [-0.3, -0.25) is 0 Å². The number of ether oxygens (including phenoxy) is 1. The van der Waals surface area contributed by atoms with Crippen LogP contribution in [0.3, 0.4) is 0 Å². The molecule has 1 aromatic heterocycles. The number of hydrogen-bond acceptors (Lipinski definition) is 4. The van der Waals surface area contributed by atoms with Crippen molar-refractivity contribution in [2.24, 2.45) is 0 Å². The summed E-state index contributed by atoms with van der Waals surface area (Å²) in [5, 5.41) is 10.8. The molecule has 2 rings (SSSR count). The Labute approximate surface area is 131 Å². The zero-order valence-electron chi connectivity index (χ0n) is 10.9. The van der Waals surface area contributed by atoms with E-state index in [4.69, 9.17) is 4.74 Å². The second kappa shape index (κ2) is 8.42. The van der Waals surface area contributed by atoms with Crippen LogP contribution in [-0.4, -0.2) is 28.6 Å². The average molecular weight is 354 g/mol. The Hall–Kier alpha value is -0.880. The van der Waals surface area contributed by atoms with Gasteiger partial charge in [-0.05, 0) is 33.6 Å². The monoisotopic (exact) mass is 353 g/mol. The van der Waals surface area contributed by atoms with Gasteiger partial charge >= 0.3 is 0 Å². The van der Waals surface area contributed by atoms with Crippen LogP contribution in [0.2, 0.25) is 0 Å². The van der Waals surface area contributed by atoms with Crippen LogP contribution in [0, 0.1) is 0 Å². The van der Waals surface area contributed by atoms with Crippen molar-refractivity contribution in [3.63, 3.8) is 0 Å². The van der Waals surface area contributed by atoms with Gasteiger partial charge in [0.1, 0.15) is 5.03 Å². The number of nitrogens with zero attached hydrogens (tertiary/aromatic N) is 1. The molecule has 1 heterocycles. The third-order valence-corrected chi connectivity index (χ3v) is 4.61. The van der Waals surface area contributed by atoms with Crippen molar-refractivity contribution in [1.29, 1.82) is 0 Å². The summed E-state index contributed by atoms with van der Waals surface area (Å²) in [6.45, 7) is 0.849. The lowest BCUT2D eigenvalue weighted by atomic mass is 10.2. The number of aliphatic hydroxyl groups is 1. The van der Waals surface area contributed by atoms with Crippen LogP contribution in [0.15, 0.2) is 58.2 Å². The van der Waals surface area contributed by atoms with Crippen LogP contribution in [0.25, 0.3) is 0 Å². The Morgan fingerprint density at radius 2 is 2.00 bits per heavy atom. The molecule has 0 amide bonds. The van der Waals surface area contributed by atoms with Gasteiger partial charge in [-0.15, -0.1) is 11.8 Å². The second-order valence-corrected chi connectivity index (χ2v) is 6.12. The van der Waals surface area contributed by atoms with E-state index in [9.17, 15) is 5.11 Å². The molecule has 0 aliphatic carbocycles. The SMILES string of the molecule is OC(COCc1ccccc1)CSc1ncccc1Br. The number of aliphatic hydroxyl groups excluding tert-OH is 1. The van der Waals surface area contributed by atoms with Gasteiger partial charge in [0.05, 0.1) is 19.3 Å². The Kier molecular flexibility index (Phi) is 6.53. The minimum Gasteiger partial charge on any atom is -0.390 e. The molecule has 0 bridgehead atoms. The minimum absolute atomic E-state index is 0.326. The summed E-state index contributed by atoms with van der Waals surface area (Å²) >= 11 is 4.95. The van der Waals surface area contributed by atoms with E-state index in [1.54, 1.807) is 6.20 Å². The number of halogens is 1. The first kappa shape index (κ1) is 15.5. The summed E-state index contributed by atoms with van der Waals surface area (Å²) in [4.78, 5) is 4.24. The molecule has 0 radical (unpaired) electrons. The highest BCUT2D eigenvalue weighted by Crippen LogP contribution is 2.25. The maximum atomic E-state index is 9.89. The zero-order valence-corrected chi connectivity index (χ0v) is 13.3. The van der Waals surface area contributed by atoms with Crippen LogP contribution >= 0.6 is 27.7 Å². The van der Waals surface area contributed by atoms with Gasteiger partial charge in [0.2, 0.25) is 0 Å². The average Bonchev–Trinajstić information content (AvgIpc) is 2.47. The summed E-state index contributed by atoms with van der Waals surface area (Å²) in [5.74, 6) is 0.560. The number of aromatic nitrogens is 1. The molecule has 5 heteroatoms. The van der Waals surface area contributed by atoms with E-state index in [0.717, 1.165) is 15.1 Å². The van der Waals surface area contributed by atoms with E-state index >= 15 is 0 Å². The normalized spacial score (nSPS) is 12.3. The molecule has 20 heavy (non-hydrogen) atoms. The largest absolute Gasteiger partial charge is 0.390 e. The van der Waals surface area contributed by atoms with Crippen LogP contribution in [-0.2, 0) is 11.3 Å².